The molecule has 0 aromatic rings. The smallest absolute Gasteiger partial charge is 0.186 e. The Kier molecular flexibility index (Phi) is 4.06. The number of hydrogen-bond acceptors (Lipinski definition) is 2. The molecule has 0 aromatic heterocycles. The van der Waals surface area contributed by atoms with E-state index < -0.39 is 0 Å². The van der Waals surface area contributed by atoms with Crippen molar-refractivity contribution in [3.63, 3.8) is 0 Å². The van der Waals surface area contributed by atoms with Crippen molar-refractivity contribution < 1.29 is 0 Å². The summed E-state index contributed by atoms with van der Waals surface area (Å²) in [6.07, 6.45) is 9.36. The summed E-state index contributed by atoms with van der Waals surface area (Å²) in [6, 6.07) is 0. The van der Waals surface area contributed by atoms with Crippen molar-refractivity contribution in [2.45, 2.75) is 51.9 Å². The monoisotopic (exact) mass is 279 g/mol. The van der Waals surface area contributed by atoms with Crippen LogP contribution in [0.1, 0.15) is 51.9 Å². The van der Waals surface area contributed by atoms with E-state index in [1.807, 2.05) is 0 Å². The van der Waals surface area contributed by atoms with Gasteiger partial charge in [0.25, 0.3) is 0 Å². The number of nitrogens with zero attached hydrogens (tertiary/aromatic N) is 1. The van der Waals surface area contributed by atoms with Crippen LogP contribution in [0.4, 0.5) is 0 Å². The third-order valence-electron chi connectivity index (χ3n) is 5.08. The molecule has 0 aromatic carbocycles. The molecule has 0 heterocycles. The average molecular weight is 279 g/mol. The molecule has 4 aliphatic carbocycles. The van der Waals surface area contributed by atoms with E-state index in [9.17, 15) is 0 Å². The SMILES string of the molecule is CCCCNC(=S)NN=C1C2CC3CC(C2)CC1C3. The lowest BCUT2D eigenvalue weighted by Gasteiger charge is -2.50. The highest BCUT2D eigenvalue weighted by Crippen LogP contribution is 2.52. The summed E-state index contributed by atoms with van der Waals surface area (Å²) in [7, 11) is 0. The van der Waals surface area contributed by atoms with E-state index in [1.54, 1.807) is 0 Å². The van der Waals surface area contributed by atoms with E-state index in [0.717, 1.165) is 36.6 Å². The van der Waals surface area contributed by atoms with Crippen LogP contribution >= 0.6 is 12.2 Å². The molecular formula is C15H25N3S. The zero-order valence-corrected chi connectivity index (χ0v) is 12.6. The van der Waals surface area contributed by atoms with Crippen LogP contribution in [0, 0.1) is 23.7 Å². The van der Waals surface area contributed by atoms with Crippen molar-refractivity contribution in [1.29, 1.82) is 0 Å². The number of rotatable bonds is 4. The lowest BCUT2D eigenvalue weighted by molar-refractivity contribution is 0.108. The van der Waals surface area contributed by atoms with Gasteiger partial charge in [-0.05, 0) is 74.4 Å². The van der Waals surface area contributed by atoms with Gasteiger partial charge in [-0.1, -0.05) is 13.3 Å². The maximum atomic E-state index is 5.27. The number of thiocarbonyl (C=S) groups is 1. The lowest BCUT2D eigenvalue weighted by Crippen LogP contribution is -2.46. The van der Waals surface area contributed by atoms with Gasteiger partial charge in [0.05, 0.1) is 0 Å². The quantitative estimate of drug-likeness (QED) is 0.472. The van der Waals surface area contributed by atoms with E-state index in [-0.39, 0.29) is 0 Å². The van der Waals surface area contributed by atoms with Gasteiger partial charge < -0.3 is 5.32 Å². The Morgan fingerprint density at radius 3 is 2.37 bits per heavy atom. The van der Waals surface area contributed by atoms with Crippen molar-refractivity contribution in [3.05, 3.63) is 0 Å². The molecule has 3 nitrogen and oxygen atoms in total. The second kappa shape index (κ2) is 5.78. The molecule has 4 saturated carbocycles. The minimum absolute atomic E-state index is 0.690. The maximum Gasteiger partial charge on any atom is 0.186 e. The molecule has 19 heavy (non-hydrogen) atoms. The fraction of sp³-hybridized carbons (Fsp3) is 0.867. The van der Waals surface area contributed by atoms with E-state index in [4.69, 9.17) is 12.2 Å². The molecular weight excluding hydrogens is 254 g/mol. The van der Waals surface area contributed by atoms with Gasteiger partial charge in [-0.15, -0.1) is 0 Å². The molecule has 0 spiro atoms. The van der Waals surface area contributed by atoms with Crippen molar-refractivity contribution in [1.82, 2.24) is 10.7 Å². The molecule has 0 atom stereocenters. The van der Waals surface area contributed by atoms with Crippen LogP contribution in [-0.2, 0) is 0 Å². The first-order valence-electron chi connectivity index (χ1n) is 7.87. The largest absolute Gasteiger partial charge is 0.361 e. The Morgan fingerprint density at radius 2 is 1.79 bits per heavy atom. The van der Waals surface area contributed by atoms with E-state index in [1.165, 1.54) is 44.2 Å². The van der Waals surface area contributed by atoms with Crippen molar-refractivity contribution >= 4 is 23.0 Å². The van der Waals surface area contributed by atoms with E-state index in [2.05, 4.69) is 22.8 Å². The van der Waals surface area contributed by atoms with Gasteiger partial charge in [0, 0.05) is 12.3 Å². The van der Waals surface area contributed by atoms with Crippen LogP contribution in [0.25, 0.3) is 0 Å². The second-order valence-electron chi connectivity index (χ2n) is 6.56. The third kappa shape index (κ3) is 2.93. The molecule has 106 valence electrons. The number of nitrogens with one attached hydrogen (secondary N) is 2. The third-order valence-corrected chi connectivity index (χ3v) is 5.31. The van der Waals surface area contributed by atoms with Gasteiger partial charge in [0.15, 0.2) is 5.11 Å². The molecule has 4 rings (SSSR count). The fourth-order valence-corrected chi connectivity index (χ4v) is 4.53. The zero-order valence-electron chi connectivity index (χ0n) is 11.8. The summed E-state index contributed by atoms with van der Waals surface area (Å²) in [5, 5.41) is 8.57. The zero-order chi connectivity index (χ0) is 13.2. The first-order valence-corrected chi connectivity index (χ1v) is 8.28. The summed E-state index contributed by atoms with van der Waals surface area (Å²) >= 11 is 5.27. The molecule has 2 N–H and O–H groups in total. The second-order valence-corrected chi connectivity index (χ2v) is 6.97. The molecule has 0 radical (unpaired) electrons. The summed E-state index contributed by atoms with van der Waals surface area (Å²) in [5.41, 5.74) is 4.50. The predicted molar refractivity (Wildman–Crippen MR) is 83.1 cm³/mol. The minimum atomic E-state index is 0.690. The first-order chi connectivity index (χ1) is 9.26. The first kappa shape index (κ1) is 13.3. The Balaban J connectivity index is 1.54. The predicted octanol–water partition coefficient (Wildman–Crippen LogP) is 3.06. The molecule has 4 bridgehead atoms. The van der Waals surface area contributed by atoms with Gasteiger partial charge in [-0.25, -0.2) is 0 Å². The summed E-state index contributed by atoms with van der Waals surface area (Å²) in [6.45, 7) is 3.14. The number of hydrazone groups is 1. The molecule has 4 aliphatic rings. The van der Waals surface area contributed by atoms with Crippen molar-refractivity contribution in [2.24, 2.45) is 28.8 Å². The standard InChI is InChI=1S/C15H25N3S/c1-2-3-4-16-15(19)18-17-14-12-6-10-5-11(8-12)9-13(14)7-10/h10-13H,2-9H2,1H3,(H2,16,18,19). The van der Waals surface area contributed by atoms with Crippen LogP contribution in [0.2, 0.25) is 0 Å². The Bertz CT molecular complexity index is 348. The topological polar surface area (TPSA) is 36.4 Å². The fourth-order valence-electron chi connectivity index (χ4n) is 4.38. The van der Waals surface area contributed by atoms with E-state index >= 15 is 0 Å². The van der Waals surface area contributed by atoms with Crippen molar-refractivity contribution in [3.8, 4) is 0 Å². The number of unbranched alkanes of at least 4 members (excludes halogenated alkanes) is 1. The van der Waals surface area contributed by atoms with E-state index in [0.29, 0.717) is 5.11 Å². The molecule has 0 saturated heterocycles. The van der Waals surface area contributed by atoms with Crippen LogP contribution < -0.4 is 10.7 Å². The average Bonchev–Trinajstić information content (AvgIpc) is 2.37. The normalized spacial score (nSPS) is 35.3. The molecule has 4 heteroatoms. The Labute approximate surface area is 121 Å². The summed E-state index contributed by atoms with van der Waals surface area (Å²) < 4.78 is 0. The van der Waals surface area contributed by atoms with Gasteiger partial charge in [0.2, 0.25) is 0 Å². The summed E-state index contributed by atoms with van der Waals surface area (Å²) in [5.74, 6) is 3.50. The van der Waals surface area contributed by atoms with Crippen LogP contribution in [0.15, 0.2) is 5.10 Å². The highest BCUT2D eigenvalue weighted by molar-refractivity contribution is 7.80. The van der Waals surface area contributed by atoms with Crippen LogP contribution in [-0.4, -0.2) is 17.4 Å². The highest BCUT2D eigenvalue weighted by atomic mass is 32.1. The molecule has 4 fully saturated rings. The molecule has 0 amide bonds. The highest BCUT2D eigenvalue weighted by Gasteiger charge is 2.46. The van der Waals surface area contributed by atoms with Crippen LogP contribution in [0.5, 0.6) is 0 Å². The lowest BCUT2D eigenvalue weighted by atomic mass is 9.55. The van der Waals surface area contributed by atoms with Gasteiger partial charge >= 0.3 is 0 Å². The maximum absolute atomic E-state index is 5.27. The molecule has 0 aliphatic heterocycles. The van der Waals surface area contributed by atoms with Gasteiger partial charge in [-0.3, -0.25) is 5.43 Å². The Morgan fingerprint density at radius 1 is 1.16 bits per heavy atom. The number of hydrogen-bond donors (Lipinski definition) is 2. The minimum Gasteiger partial charge on any atom is -0.361 e. The summed E-state index contributed by atoms with van der Waals surface area (Å²) in [4.78, 5) is 0. The van der Waals surface area contributed by atoms with Gasteiger partial charge in [0.1, 0.15) is 0 Å². The molecule has 0 unspecified atom stereocenters. The van der Waals surface area contributed by atoms with Crippen molar-refractivity contribution in [2.75, 3.05) is 6.54 Å². The Hall–Kier alpha value is -0.640. The van der Waals surface area contributed by atoms with Crippen LogP contribution in [0.3, 0.4) is 0 Å². The van der Waals surface area contributed by atoms with Gasteiger partial charge in [-0.2, -0.15) is 5.10 Å².